The van der Waals surface area contributed by atoms with Crippen LogP contribution in [0.15, 0.2) is 28.7 Å². The van der Waals surface area contributed by atoms with Crippen LogP contribution in [0.5, 0.6) is 0 Å². The zero-order chi connectivity index (χ0) is 11.8. The number of benzene rings is 1. The van der Waals surface area contributed by atoms with Crippen molar-refractivity contribution in [3.05, 3.63) is 40.0 Å². The van der Waals surface area contributed by atoms with Gasteiger partial charge >= 0.3 is 0 Å². The van der Waals surface area contributed by atoms with Crippen molar-refractivity contribution in [2.45, 2.75) is 13.0 Å². The minimum Gasteiger partial charge on any atom is -0.382 e. The Labute approximate surface area is 108 Å². The lowest BCUT2D eigenvalue weighted by Gasteiger charge is -2.15. The lowest BCUT2D eigenvalue weighted by molar-refractivity contribution is 0.614. The minimum absolute atomic E-state index is 0.654. The number of halogens is 1. The SMILES string of the molecule is Nc1nn(-c2cccc(Br)c2)c2c1CCNC2. The summed E-state index contributed by atoms with van der Waals surface area (Å²) in [6.45, 7) is 1.80. The van der Waals surface area contributed by atoms with Gasteiger partial charge in [-0.25, -0.2) is 4.68 Å². The summed E-state index contributed by atoms with van der Waals surface area (Å²) in [5, 5.41) is 7.79. The second-order valence-corrected chi connectivity index (χ2v) is 5.04. The predicted molar refractivity (Wildman–Crippen MR) is 71.1 cm³/mol. The maximum atomic E-state index is 5.97. The second-order valence-electron chi connectivity index (χ2n) is 4.13. The highest BCUT2D eigenvalue weighted by Gasteiger charge is 2.19. The van der Waals surface area contributed by atoms with Crippen LogP contribution < -0.4 is 11.1 Å². The van der Waals surface area contributed by atoms with Crippen LogP contribution >= 0.6 is 15.9 Å². The molecule has 0 fully saturated rings. The summed E-state index contributed by atoms with van der Waals surface area (Å²) in [7, 11) is 0. The lowest BCUT2D eigenvalue weighted by Crippen LogP contribution is -2.25. The van der Waals surface area contributed by atoms with Crippen molar-refractivity contribution in [2.24, 2.45) is 0 Å². The van der Waals surface area contributed by atoms with E-state index in [0.717, 1.165) is 29.7 Å². The van der Waals surface area contributed by atoms with Crippen LogP contribution in [0.3, 0.4) is 0 Å². The van der Waals surface area contributed by atoms with Gasteiger partial charge in [-0.2, -0.15) is 5.10 Å². The van der Waals surface area contributed by atoms with Crippen molar-refractivity contribution < 1.29 is 0 Å². The van der Waals surface area contributed by atoms with Gasteiger partial charge in [0.25, 0.3) is 0 Å². The third-order valence-electron chi connectivity index (χ3n) is 3.02. The fourth-order valence-electron chi connectivity index (χ4n) is 2.20. The van der Waals surface area contributed by atoms with Crippen molar-refractivity contribution in [2.75, 3.05) is 12.3 Å². The number of nitrogens with two attached hydrogens (primary N) is 1. The van der Waals surface area contributed by atoms with Gasteiger partial charge in [-0.1, -0.05) is 22.0 Å². The van der Waals surface area contributed by atoms with Gasteiger partial charge in [-0.15, -0.1) is 0 Å². The molecular weight excluding hydrogens is 280 g/mol. The Balaban J connectivity index is 2.15. The Hall–Kier alpha value is -1.33. The van der Waals surface area contributed by atoms with Crippen LogP contribution in [-0.4, -0.2) is 16.3 Å². The Morgan fingerprint density at radius 1 is 1.41 bits per heavy atom. The first-order valence-corrected chi connectivity index (χ1v) is 6.38. The van der Waals surface area contributed by atoms with Crippen LogP contribution in [0.25, 0.3) is 5.69 Å². The summed E-state index contributed by atoms with van der Waals surface area (Å²) in [6.07, 6.45) is 0.954. The van der Waals surface area contributed by atoms with Crippen LogP contribution in [-0.2, 0) is 13.0 Å². The molecule has 0 bridgehead atoms. The number of aromatic nitrogens is 2. The first-order chi connectivity index (χ1) is 8.25. The van der Waals surface area contributed by atoms with Gasteiger partial charge in [0, 0.05) is 16.6 Å². The number of fused-ring (bicyclic) bond motifs is 1. The maximum absolute atomic E-state index is 5.97. The molecule has 88 valence electrons. The zero-order valence-corrected chi connectivity index (χ0v) is 10.9. The van der Waals surface area contributed by atoms with E-state index in [1.807, 2.05) is 28.9 Å². The molecule has 1 aliphatic heterocycles. The number of anilines is 1. The molecule has 0 saturated carbocycles. The Morgan fingerprint density at radius 2 is 2.29 bits per heavy atom. The van der Waals surface area contributed by atoms with Gasteiger partial charge in [0.1, 0.15) is 5.82 Å². The van der Waals surface area contributed by atoms with E-state index in [4.69, 9.17) is 5.73 Å². The van der Waals surface area contributed by atoms with Gasteiger partial charge < -0.3 is 11.1 Å². The van der Waals surface area contributed by atoms with Crippen molar-refractivity contribution in [3.8, 4) is 5.69 Å². The first-order valence-electron chi connectivity index (χ1n) is 5.58. The molecule has 2 aromatic rings. The number of rotatable bonds is 1. The number of nitrogens with zero attached hydrogens (tertiary/aromatic N) is 2. The van der Waals surface area contributed by atoms with Gasteiger partial charge in [0.15, 0.2) is 0 Å². The average Bonchev–Trinajstić information content (AvgIpc) is 2.68. The summed E-state index contributed by atoms with van der Waals surface area (Å²) in [5.74, 6) is 0.654. The van der Waals surface area contributed by atoms with Gasteiger partial charge in [-0.3, -0.25) is 0 Å². The zero-order valence-electron chi connectivity index (χ0n) is 9.28. The first kappa shape index (κ1) is 10.8. The Bertz CT molecular complexity index is 562. The highest BCUT2D eigenvalue weighted by atomic mass is 79.9. The van der Waals surface area contributed by atoms with Gasteiger partial charge in [-0.05, 0) is 31.2 Å². The minimum atomic E-state index is 0.654. The number of hydrogen-bond donors (Lipinski definition) is 2. The topological polar surface area (TPSA) is 55.9 Å². The van der Waals surface area contributed by atoms with Crippen LogP contribution in [0, 0.1) is 0 Å². The molecule has 0 saturated heterocycles. The normalized spacial score (nSPS) is 14.6. The highest BCUT2D eigenvalue weighted by molar-refractivity contribution is 9.10. The third kappa shape index (κ3) is 1.85. The van der Waals surface area contributed by atoms with Crippen LogP contribution in [0.4, 0.5) is 5.82 Å². The van der Waals surface area contributed by atoms with Gasteiger partial charge in [0.2, 0.25) is 0 Å². The quantitative estimate of drug-likeness (QED) is 0.844. The molecule has 0 spiro atoms. The predicted octanol–water partition coefficient (Wildman–Crippen LogP) is 1.86. The number of nitrogen functional groups attached to an aromatic ring is 1. The Kier molecular flexibility index (Phi) is 2.64. The molecule has 3 rings (SSSR count). The molecule has 3 N–H and O–H groups in total. The van der Waals surface area contributed by atoms with E-state index in [1.165, 1.54) is 11.3 Å². The summed E-state index contributed by atoms with van der Waals surface area (Å²) in [5.41, 5.74) is 9.36. The van der Waals surface area contributed by atoms with E-state index < -0.39 is 0 Å². The standard InChI is InChI=1S/C12H13BrN4/c13-8-2-1-3-9(6-8)17-11-7-15-5-4-10(11)12(14)16-17/h1-3,6,15H,4-5,7H2,(H2,14,16). The van der Waals surface area contributed by atoms with Crippen LogP contribution in [0.2, 0.25) is 0 Å². The molecule has 0 aliphatic carbocycles. The number of hydrogen-bond acceptors (Lipinski definition) is 3. The second kappa shape index (κ2) is 4.16. The molecule has 5 heteroatoms. The van der Waals surface area contributed by atoms with Crippen LogP contribution in [0.1, 0.15) is 11.3 Å². The smallest absolute Gasteiger partial charge is 0.149 e. The molecule has 0 atom stereocenters. The van der Waals surface area contributed by atoms with Crippen molar-refractivity contribution in [1.82, 2.24) is 15.1 Å². The largest absolute Gasteiger partial charge is 0.382 e. The summed E-state index contributed by atoms with van der Waals surface area (Å²) in [4.78, 5) is 0. The molecule has 1 aromatic heterocycles. The van der Waals surface area contributed by atoms with E-state index in [9.17, 15) is 0 Å². The molecule has 1 aliphatic rings. The molecule has 0 radical (unpaired) electrons. The monoisotopic (exact) mass is 292 g/mol. The fraction of sp³-hybridized carbons (Fsp3) is 0.250. The lowest BCUT2D eigenvalue weighted by atomic mass is 10.1. The summed E-state index contributed by atoms with van der Waals surface area (Å²) in [6, 6.07) is 8.08. The highest BCUT2D eigenvalue weighted by Crippen LogP contribution is 2.24. The average molecular weight is 293 g/mol. The van der Waals surface area contributed by atoms with E-state index in [2.05, 4.69) is 26.3 Å². The molecule has 4 nitrogen and oxygen atoms in total. The van der Waals surface area contributed by atoms with Gasteiger partial charge in [0.05, 0.1) is 11.4 Å². The third-order valence-corrected chi connectivity index (χ3v) is 3.51. The van der Waals surface area contributed by atoms with E-state index >= 15 is 0 Å². The number of nitrogens with one attached hydrogen (secondary N) is 1. The summed E-state index contributed by atoms with van der Waals surface area (Å²) >= 11 is 3.47. The maximum Gasteiger partial charge on any atom is 0.149 e. The van der Waals surface area contributed by atoms with E-state index in [1.54, 1.807) is 0 Å². The van der Waals surface area contributed by atoms with Crippen molar-refractivity contribution in [1.29, 1.82) is 0 Å². The fourth-order valence-corrected chi connectivity index (χ4v) is 2.59. The molecule has 0 unspecified atom stereocenters. The summed E-state index contributed by atoms with van der Waals surface area (Å²) < 4.78 is 2.98. The van der Waals surface area contributed by atoms with Crippen molar-refractivity contribution >= 4 is 21.7 Å². The molecule has 17 heavy (non-hydrogen) atoms. The molecule has 1 aromatic carbocycles. The van der Waals surface area contributed by atoms with E-state index in [-0.39, 0.29) is 0 Å². The van der Waals surface area contributed by atoms with E-state index in [0.29, 0.717) is 5.82 Å². The van der Waals surface area contributed by atoms with Crippen molar-refractivity contribution in [3.63, 3.8) is 0 Å². The Morgan fingerprint density at radius 3 is 3.12 bits per heavy atom. The molecule has 0 amide bonds. The molecule has 2 heterocycles. The molecular formula is C12H13BrN4.